The Morgan fingerprint density at radius 1 is 1.00 bits per heavy atom. The van der Waals surface area contributed by atoms with Crippen LogP contribution in [0.4, 0.5) is 0 Å². The van der Waals surface area contributed by atoms with E-state index in [0.717, 1.165) is 32.5 Å². The number of hydrogen-bond acceptors (Lipinski definition) is 4. The van der Waals surface area contributed by atoms with Gasteiger partial charge in [-0.1, -0.05) is 60.7 Å². The van der Waals surface area contributed by atoms with Crippen LogP contribution in [0.15, 0.2) is 60.7 Å². The first kappa shape index (κ1) is 17.6. The van der Waals surface area contributed by atoms with Gasteiger partial charge in [-0.3, -0.25) is 4.89 Å². The van der Waals surface area contributed by atoms with Gasteiger partial charge in [-0.05, 0) is 37.1 Å². The minimum Gasteiger partial charge on any atom is -0.302 e. The van der Waals surface area contributed by atoms with E-state index >= 15 is 0 Å². The zero-order valence-electron chi connectivity index (χ0n) is 14.6. The van der Waals surface area contributed by atoms with E-state index in [0.29, 0.717) is 5.92 Å². The highest BCUT2D eigenvalue weighted by Crippen LogP contribution is 2.28. The van der Waals surface area contributed by atoms with Gasteiger partial charge < -0.3 is 4.90 Å². The molecule has 0 atom stereocenters. The minimum absolute atomic E-state index is 0.0527. The van der Waals surface area contributed by atoms with Gasteiger partial charge in [0.2, 0.25) is 0 Å². The molecule has 4 nitrogen and oxygen atoms in total. The van der Waals surface area contributed by atoms with Crippen molar-refractivity contribution in [2.24, 2.45) is 5.92 Å². The molecule has 0 bridgehead atoms. The second kappa shape index (κ2) is 8.79. The van der Waals surface area contributed by atoms with Gasteiger partial charge in [0.05, 0.1) is 13.0 Å². The first-order valence-electron chi connectivity index (χ1n) is 8.84. The molecule has 2 aromatic rings. The summed E-state index contributed by atoms with van der Waals surface area (Å²) in [5, 5.41) is 0. The Morgan fingerprint density at radius 3 is 2.00 bits per heavy atom. The molecule has 2 aromatic carbocycles. The topological polar surface area (TPSA) is 38.8 Å². The van der Waals surface area contributed by atoms with Gasteiger partial charge in [0.25, 0.3) is 0 Å². The van der Waals surface area contributed by atoms with Crippen LogP contribution in [0.2, 0.25) is 0 Å². The Morgan fingerprint density at radius 2 is 1.52 bits per heavy atom. The number of carbonyl (C=O) groups excluding carboxylic acids is 1. The summed E-state index contributed by atoms with van der Waals surface area (Å²) in [5.41, 5.74) is 2.66. The predicted molar refractivity (Wildman–Crippen MR) is 97.0 cm³/mol. The summed E-state index contributed by atoms with van der Waals surface area (Å²) in [4.78, 5) is 23.4. The van der Waals surface area contributed by atoms with Gasteiger partial charge in [0, 0.05) is 12.5 Å². The van der Waals surface area contributed by atoms with E-state index in [2.05, 4.69) is 75.3 Å². The maximum atomic E-state index is 11.8. The molecule has 25 heavy (non-hydrogen) atoms. The smallest absolute Gasteiger partial charge is 0.302 e. The Labute approximate surface area is 149 Å². The fourth-order valence-corrected chi connectivity index (χ4v) is 3.53. The molecule has 0 unspecified atom stereocenters. The first-order chi connectivity index (χ1) is 12.3. The monoisotopic (exact) mass is 339 g/mol. The van der Waals surface area contributed by atoms with E-state index in [1.807, 2.05) is 0 Å². The SMILES string of the molecule is COOC(=O)C1CCN(CC(c2ccccc2)c2ccccc2)CC1. The number of carbonyl (C=O) groups is 1. The molecule has 0 N–H and O–H groups in total. The Kier molecular flexibility index (Phi) is 6.20. The Bertz CT molecular complexity index is 612. The second-order valence-corrected chi connectivity index (χ2v) is 6.52. The summed E-state index contributed by atoms with van der Waals surface area (Å²) in [6, 6.07) is 21.3. The molecule has 1 saturated heterocycles. The highest BCUT2D eigenvalue weighted by atomic mass is 17.2. The van der Waals surface area contributed by atoms with Crippen LogP contribution in [-0.4, -0.2) is 37.6 Å². The van der Waals surface area contributed by atoms with E-state index in [-0.39, 0.29) is 11.9 Å². The fraction of sp³-hybridized carbons (Fsp3) is 0.381. The predicted octanol–water partition coefficient (Wildman–Crippen LogP) is 3.64. The Hall–Kier alpha value is -2.17. The van der Waals surface area contributed by atoms with Crippen molar-refractivity contribution >= 4 is 5.97 Å². The van der Waals surface area contributed by atoms with Crippen molar-refractivity contribution in [3.8, 4) is 0 Å². The molecule has 0 spiro atoms. The van der Waals surface area contributed by atoms with E-state index in [1.54, 1.807) is 0 Å². The van der Waals surface area contributed by atoms with Crippen LogP contribution in [0.3, 0.4) is 0 Å². The highest BCUT2D eigenvalue weighted by molar-refractivity contribution is 5.71. The molecular weight excluding hydrogens is 314 g/mol. The zero-order chi connectivity index (χ0) is 17.5. The number of likely N-dealkylation sites (tertiary alicyclic amines) is 1. The van der Waals surface area contributed by atoms with Crippen LogP contribution in [0, 0.1) is 5.92 Å². The Balaban J connectivity index is 1.67. The lowest BCUT2D eigenvalue weighted by atomic mass is 9.89. The van der Waals surface area contributed by atoms with Gasteiger partial charge in [0.15, 0.2) is 0 Å². The minimum atomic E-state index is -0.246. The van der Waals surface area contributed by atoms with Crippen LogP contribution in [0.25, 0.3) is 0 Å². The summed E-state index contributed by atoms with van der Waals surface area (Å²) < 4.78 is 0. The number of piperidine rings is 1. The number of benzene rings is 2. The molecule has 0 radical (unpaired) electrons. The quantitative estimate of drug-likeness (QED) is 0.595. The van der Waals surface area contributed by atoms with Gasteiger partial charge in [-0.2, -0.15) is 4.89 Å². The second-order valence-electron chi connectivity index (χ2n) is 6.52. The van der Waals surface area contributed by atoms with Crippen LogP contribution < -0.4 is 0 Å². The summed E-state index contributed by atoms with van der Waals surface area (Å²) in [7, 11) is 1.37. The molecule has 0 aliphatic carbocycles. The molecule has 3 rings (SSSR count). The molecule has 0 aromatic heterocycles. The molecule has 1 heterocycles. The van der Waals surface area contributed by atoms with Gasteiger partial charge in [0.1, 0.15) is 0 Å². The number of nitrogens with zero attached hydrogens (tertiary/aromatic N) is 1. The van der Waals surface area contributed by atoms with Crippen molar-refractivity contribution < 1.29 is 14.6 Å². The van der Waals surface area contributed by atoms with E-state index < -0.39 is 0 Å². The molecule has 4 heteroatoms. The van der Waals surface area contributed by atoms with Crippen LogP contribution in [0.1, 0.15) is 29.9 Å². The largest absolute Gasteiger partial charge is 0.345 e. The summed E-state index contributed by atoms with van der Waals surface area (Å²) in [6.45, 7) is 2.76. The zero-order valence-corrected chi connectivity index (χ0v) is 14.6. The lowest BCUT2D eigenvalue weighted by Gasteiger charge is -2.33. The van der Waals surface area contributed by atoms with Crippen molar-refractivity contribution in [1.29, 1.82) is 0 Å². The molecule has 1 fully saturated rings. The van der Waals surface area contributed by atoms with E-state index in [9.17, 15) is 4.79 Å². The van der Waals surface area contributed by atoms with Crippen molar-refractivity contribution in [1.82, 2.24) is 4.90 Å². The third-order valence-electron chi connectivity index (χ3n) is 4.93. The normalized spacial score (nSPS) is 16.1. The molecule has 132 valence electrons. The van der Waals surface area contributed by atoms with Crippen LogP contribution in [0.5, 0.6) is 0 Å². The van der Waals surface area contributed by atoms with Crippen molar-refractivity contribution in [2.45, 2.75) is 18.8 Å². The summed E-state index contributed by atoms with van der Waals surface area (Å²) >= 11 is 0. The molecule has 0 amide bonds. The summed E-state index contributed by atoms with van der Waals surface area (Å²) in [6.07, 6.45) is 1.64. The standard InChI is InChI=1S/C21H25NO3/c1-24-25-21(23)19-12-14-22(15-13-19)16-20(17-8-4-2-5-9-17)18-10-6-3-7-11-18/h2-11,19-20H,12-16H2,1H3. The lowest BCUT2D eigenvalue weighted by molar-refractivity contribution is -0.260. The number of rotatable bonds is 6. The molecule has 1 aliphatic rings. The fourth-order valence-electron chi connectivity index (χ4n) is 3.53. The third-order valence-corrected chi connectivity index (χ3v) is 4.93. The van der Waals surface area contributed by atoms with E-state index in [4.69, 9.17) is 0 Å². The first-order valence-corrected chi connectivity index (χ1v) is 8.84. The van der Waals surface area contributed by atoms with Gasteiger partial charge in [-0.15, -0.1) is 0 Å². The van der Waals surface area contributed by atoms with Crippen molar-refractivity contribution in [3.63, 3.8) is 0 Å². The van der Waals surface area contributed by atoms with Crippen molar-refractivity contribution in [3.05, 3.63) is 71.8 Å². The maximum Gasteiger partial charge on any atom is 0.345 e. The molecular formula is C21H25NO3. The van der Waals surface area contributed by atoms with Crippen molar-refractivity contribution in [2.75, 3.05) is 26.7 Å². The maximum absolute atomic E-state index is 11.8. The summed E-state index contributed by atoms with van der Waals surface area (Å²) in [5.74, 6) is 0.0396. The molecule has 0 saturated carbocycles. The lowest BCUT2D eigenvalue weighted by Crippen LogP contribution is -2.39. The highest BCUT2D eigenvalue weighted by Gasteiger charge is 2.28. The van der Waals surface area contributed by atoms with Gasteiger partial charge >= 0.3 is 5.97 Å². The average molecular weight is 339 g/mol. The third kappa shape index (κ3) is 4.68. The average Bonchev–Trinajstić information content (AvgIpc) is 2.68. The van der Waals surface area contributed by atoms with Crippen LogP contribution in [-0.2, 0) is 14.6 Å². The van der Waals surface area contributed by atoms with E-state index in [1.165, 1.54) is 18.2 Å². The number of hydrogen-bond donors (Lipinski definition) is 0. The van der Waals surface area contributed by atoms with Crippen LogP contribution >= 0.6 is 0 Å². The molecule has 1 aliphatic heterocycles. The van der Waals surface area contributed by atoms with Gasteiger partial charge in [-0.25, -0.2) is 4.79 Å².